The highest BCUT2D eigenvalue weighted by Gasteiger charge is 2.34. The molecule has 7 heteroatoms. The quantitative estimate of drug-likeness (QED) is 0.773. The Morgan fingerprint density at radius 2 is 1.89 bits per heavy atom. The number of aromatic nitrogens is 1. The third-order valence-corrected chi connectivity index (χ3v) is 3.28. The number of nitrogens with two attached hydrogens (primary N) is 1. The number of rotatable bonds is 5. The summed E-state index contributed by atoms with van der Waals surface area (Å²) < 4.78 is 37.8. The molecule has 108 valence electrons. The number of hydrogen-bond acceptors (Lipinski definition) is 4. The first-order chi connectivity index (χ1) is 8.78. The van der Waals surface area contributed by atoms with Crippen molar-refractivity contribution in [2.75, 3.05) is 17.7 Å². The highest BCUT2D eigenvalue weighted by atomic mass is 19.4. The standard InChI is InChI=1S/C12H18F3N3O/c1-3-11(4-2,7-19)18-9-5-10(12(13,14)15)17-6-8(9)16/h5-6,19H,3-4,7,16H2,1-2H3,(H,17,18). The zero-order chi connectivity index (χ0) is 14.7. The second kappa shape index (κ2) is 5.64. The number of halogens is 3. The first-order valence-corrected chi connectivity index (χ1v) is 5.99. The predicted octanol–water partition coefficient (Wildman–Crippen LogP) is 2.65. The Balaban J connectivity index is 3.13. The summed E-state index contributed by atoms with van der Waals surface area (Å²) in [6.07, 6.45) is -2.44. The van der Waals surface area contributed by atoms with E-state index in [9.17, 15) is 18.3 Å². The van der Waals surface area contributed by atoms with E-state index in [0.717, 1.165) is 12.3 Å². The fourth-order valence-corrected chi connectivity index (χ4v) is 1.70. The lowest BCUT2D eigenvalue weighted by Crippen LogP contribution is -2.41. The van der Waals surface area contributed by atoms with E-state index in [1.165, 1.54) is 0 Å². The molecule has 0 bridgehead atoms. The predicted molar refractivity (Wildman–Crippen MR) is 67.7 cm³/mol. The van der Waals surface area contributed by atoms with E-state index in [0.29, 0.717) is 12.8 Å². The minimum absolute atomic E-state index is 0.118. The molecule has 0 aliphatic heterocycles. The van der Waals surface area contributed by atoms with E-state index in [1.54, 1.807) is 0 Å². The van der Waals surface area contributed by atoms with Gasteiger partial charge in [0.05, 0.1) is 29.7 Å². The Kier molecular flexibility index (Phi) is 4.62. The van der Waals surface area contributed by atoms with Crippen LogP contribution in [0.15, 0.2) is 12.3 Å². The van der Waals surface area contributed by atoms with Gasteiger partial charge < -0.3 is 16.2 Å². The fourth-order valence-electron chi connectivity index (χ4n) is 1.70. The van der Waals surface area contributed by atoms with Crippen molar-refractivity contribution in [2.45, 2.75) is 38.4 Å². The van der Waals surface area contributed by atoms with Crippen molar-refractivity contribution in [3.8, 4) is 0 Å². The molecule has 0 fully saturated rings. The van der Waals surface area contributed by atoms with Gasteiger partial charge in [-0.25, -0.2) is 4.98 Å². The van der Waals surface area contributed by atoms with Gasteiger partial charge in [0.25, 0.3) is 0 Å². The summed E-state index contributed by atoms with van der Waals surface area (Å²) >= 11 is 0. The van der Waals surface area contributed by atoms with Gasteiger partial charge in [-0.15, -0.1) is 0 Å². The molecule has 19 heavy (non-hydrogen) atoms. The molecule has 0 radical (unpaired) electrons. The van der Waals surface area contributed by atoms with Gasteiger partial charge in [0, 0.05) is 0 Å². The van der Waals surface area contributed by atoms with Crippen LogP contribution in [-0.4, -0.2) is 22.2 Å². The monoisotopic (exact) mass is 277 g/mol. The van der Waals surface area contributed by atoms with E-state index in [-0.39, 0.29) is 18.0 Å². The summed E-state index contributed by atoms with van der Waals surface area (Å²) in [6, 6.07) is 0.866. The summed E-state index contributed by atoms with van der Waals surface area (Å²) in [5.41, 5.74) is 4.19. The Morgan fingerprint density at radius 1 is 1.32 bits per heavy atom. The second-order valence-corrected chi connectivity index (χ2v) is 4.43. The number of alkyl halides is 3. The molecule has 0 saturated carbocycles. The van der Waals surface area contributed by atoms with Crippen molar-refractivity contribution in [3.63, 3.8) is 0 Å². The topological polar surface area (TPSA) is 71.2 Å². The van der Waals surface area contributed by atoms with Crippen molar-refractivity contribution in [1.82, 2.24) is 4.98 Å². The molecular formula is C12H18F3N3O. The maximum atomic E-state index is 12.6. The van der Waals surface area contributed by atoms with Crippen LogP contribution >= 0.6 is 0 Å². The number of aliphatic hydroxyl groups excluding tert-OH is 1. The molecular weight excluding hydrogens is 259 g/mol. The van der Waals surface area contributed by atoms with Crippen LogP contribution in [0.3, 0.4) is 0 Å². The van der Waals surface area contributed by atoms with Crippen molar-refractivity contribution in [2.24, 2.45) is 0 Å². The van der Waals surface area contributed by atoms with Crippen LogP contribution in [0.25, 0.3) is 0 Å². The van der Waals surface area contributed by atoms with Crippen molar-refractivity contribution >= 4 is 11.4 Å². The Hall–Kier alpha value is -1.50. The second-order valence-electron chi connectivity index (χ2n) is 4.43. The highest BCUT2D eigenvalue weighted by Crippen LogP contribution is 2.33. The number of nitrogens with one attached hydrogen (secondary N) is 1. The average Bonchev–Trinajstić information content (AvgIpc) is 2.37. The lowest BCUT2D eigenvalue weighted by molar-refractivity contribution is -0.141. The average molecular weight is 277 g/mol. The number of aliphatic hydroxyl groups is 1. The first kappa shape index (κ1) is 15.6. The summed E-state index contributed by atoms with van der Waals surface area (Å²) in [6.45, 7) is 3.49. The number of anilines is 2. The van der Waals surface area contributed by atoms with Crippen LogP contribution < -0.4 is 11.1 Å². The molecule has 4 N–H and O–H groups in total. The van der Waals surface area contributed by atoms with E-state index in [1.807, 2.05) is 13.8 Å². The van der Waals surface area contributed by atoms with Crippen molar-refractivity contribution in [1.29, 1.82) is 0 Å². The summed E-state index contributed by atoms with van der Waals surface area (Å²) in [4.78, 5) is 3.27. The number of pyridine rings is 1. The van der Waals surface area contributed by atoms with E-state index in [2.05, 4.69) is 10.3 Å². The van der Waals surface area contributed by atoms with Crippen LogP contribution in [0.2, 0.25) is 0 Å². The summed E-state index contributed by atoms with van der Waals surface area (Å²) in [5, 5.41) is 12.3. The number of nitrogen functional groups attached to an aromatic ring is 1. The Labute approximate surface area is 109 Å². The molecule has 0 saturated heterocycles. The van der Waals surface area contributed by atoms with Gasteiger partial charge in [-0.2, -0.15) is 13.2 Å². The van der Waals surface area contributed by atoms with Gasteiger partial charge in [0.1, 0.15) is 5.69 Å². The van der Waals surface area contributed by atoms with Crippen LogP contribution in [0, 0.1) is 0 Å². The van der Waals surface area contributed by atoms with Gasteiger partial charge in [-0.3, -0.25) is 0 Å². The molecule has 0 aliphatic rings. The summed E-state index contributed by atoms with van der Waals surface area (Å²) in [5.74, 6) is 0. The molecule has 0 spiro atoms. The van der Waals surface area contributed by atoms with E-state index < -0.39 is 17.4 Å². The fraction of sp³-hybridized carbons (Fsp3) is 0.583. The molecule has 1 heterocycles. The molecule has 4 nitrogen and oxygen atoms in total. The first-order valence-electron chi connectivity index (χ1n) is 5.99. The van der Waals surface area contributed by atoms with Gasteiger partial charge in [0.15, 0.2) is 0 Å². The van der Waals surface area contributed by atoms with Gasteiger partial charge >= 0.3 is 6.18 Å². The van der Waals surface area contributed by atoms with Crippen molar-refractivity contribution < 1.29 is 18.3 Å². The molecule has 0 amide bonds. The zero-order valence-corrected chi connectivity index (χ0v) is 10.9. The number of hydrogen-bond donors (Lipinski definition) is 3. The third-order valence-electron chi connectivity index (χ3n) is 3.28. The SMILES string of the molecule is CCC(CC)(CO)Nc1cc(C(F)(F)F)ncc1N. The molecule has 0 aliphatic carbocycles. The minimum Gasteiger partial charge on any atom is -0.396 e. The molecule has 0 aromatic carbocycles. The Bertz CT molecular complexity index is 422. The summed E-state index contributed by atoms with van der Waals surface area (Å²) in [7, 11) is 0. The lowest BCUT2D eigenvalue weighted by Gasteiger charge is -2.32. The third kappa shape index (κ3) is 3.50. The van der Waals surface area contributed by atoms with Crippen LogP contribution in [0.4, 0.5) is 24.5 Å². The van der Waals surface area contributed by atoms with Gasteiger partial charge in [-0.1, -0.05) is 13.8 Å². The van der Waals surface area contributed by atoms with Crippen molar-refractivity contribution in [3.05, 3.63) is 18.0 Å². The molecule has 1 aromatic rings. The lowest BCUT2D eigenvalue weighted by atomic mass is 9.93. The maximum Gasteiger partial charge on any atom is 0.433 e. The normalized spacial score (nSPS) is 12.5. The smallest absolute Gasteiger partial charge is 0.396 e. The Morgan fingerprint density at radius 3 is 2.32 bits per heavy atom. The van der Waals surface area contributed by atoms with Gasteiger partial charge in [-0.05, 0) is 18.9 Å². The van der Waals surface area contributed by atoms with Gasteiger partial charge in [0.2, 0.25) is 0 Å². The zero-order valence-electron chi connectivity index (χ0n) is 10.9. The molecule has 0 unspecified atom stereocenters. The maximum absolute atomic E-state index is 12.6. The van der Waals surface area contributed by atoms with Crippen LogP contribution in [0.1, 0.15) is 32.4 Å². The minimum atomic E-state index is -4.52. The highest BCUT2D eigenvalue weighted by molar-refractivity contribution is 5.66. The van der Waals surface area contributed by atoms with E-state index >= 15 is 0 Å². The largest absolute Gasteiger partial charge is 0.433 e. The molecule has 1 aromatic heterocycles. The van der Waals surface area contributed by atoms with Crippen LogP contribution in [0.5, 0.6) is 0 Å². The molecule has 0 atom stereocenters. The number of nitrogens with zero attached hydrogens (tertiary/aromatic N) is 1. The van der Waals surface area contributed by atoms with Crippen LogP contribution in [-0.2, 0) is 6.18 Å². The molecule has 1 rings (SSSR count). The van der Waals surface area contributed by atoms with E-state index in [4.69, 9.17) is 5.73 Å².